The Bertz CT molecular complexity index is 397. The molecule has 1 aromatic heterocycles. The first-order valence-electron chi connectivity index (χ1n) is 4.14. The summed E-state index contributed by atoms with van der Waals surface area (Å²) in [5, 5.41) is 13.0. The zero-order chi connectivity index (χ0) is 10.3. The summed E-state index contributed by atoms with van der Waals surface area (Å²) in [5.74, 6) is 1.14. The average Bonchev–Trinajstić information content (AvgIpc) is 2.58. The lowest BCUT2D eigenvalue weighted by molar-refractivity contribution is 0.312. The summed E-state index contributed by atoms with van der Waals surface area (Å²) >= 11 is 1.54. The van der Waals surface area contributed by atoms with Gasteiger partial charge in [-0.15, -0.1) is 0 Å². The molecule has 1 aliphatic heterocycles. The number of fused-ring (bicyclic) bond motifs is 1. The van der Waals surface area contributed by atoms with E-state index in [0.29, 0.717) is 11.7 Å². The number of thioether (sulfide) groups is 1. The number of ether oxygens (including phenoxy) is 1. The van der Waals surface area contributed by atoms with E-state index in [1.54, 1.807) is 29.6 Å². The average molecular weight is 213 g/mol. The van der Waals surface area contributed by atoms with Crippen LogP contribution in [0.15, 0.2) is 16.5 Å². The minimum absolute atomic E-state index is 0.272. The van der Waals surface area contributed by atoms with E-state index in [9.17, 15) is 0 Å². The van der Waals surface area contributed by atoms with Crippen LogP contribution < -0.4 is 4.74 Å². The molecule has 0 aliphatic carbocycles. The van der Waals surface area contributed by atoms with Crippen LogP contribution in [0.1, 0.15) is 13.8 Å². The van der Waals surface area contributed by atoms with E-state index in [1.165, 1.54) is 0 Å². The number of imidazole rings is 1. The van der Waals surface area contributed by atoms with Crippen LogP contribution in [0.25, 0.3) is 0 Å². The molecule has 1 N–H and O–H groups in total. The van der Waals surface area contributed by atoms with Crippen molar-refractivity contribution >= 4 is 17.6 Å². The highest BCUT2D eigenvalue weighted by atomic mass is 32.2. The van der Waals surface area contributed by atoms with Gasteiger partial charge in [0.25, 0.3) is 0 Å². The summed E-state index contributed by atoms with van der Waals surface area (Å²) in [7, 11) is 1.56. The summed E-state index contributed by atoms with van der Waals surface area (Å²) in [5.41, 5.74) is 0. The summed E-state index contributed by atoms with van der Waals surface area (Å²) in [6, 6.07) is 0. The third-order valence-corrected chi connectivity index (χ3v) is 3.26. The predicted molar refractivity (Wildman–Crippen MR) is 53.3 cm³/mol. The Morgan fingerprint density at radius 3 is 2.93 bits per heavy atom. The van der Waals surface area contributed by atoms with Crippen LogP contribution in [0.4, 0.5) is 0 Å². The third-order valence-electron chi connectivity index (χ3n) is 2.10. The fraction of sp³-hybridized carbons (Fsp3) is 0.500. The van der Waals surface area contributed by atoms with E-state index in [-0.39, 0.29) is 4.75 Å². The van der Waals surface area contributed by atoms with E-state index in [1.807, 2.05) is 13.8 Å². The van der Waals surface area contributed by atoms with Gasteiger partial charge in [0.15, 0.2) is 11.0 Å². The second-order valence-electron chi connectivity index (χ2n) is 3.45. The number of aromatic nitrogens is 2. The van der Waals surface area contributed by atoms with Crippen molar-refractivity contribution in [2.45, 2.75) is 23.8 Å². The molecule has 2 rings (SSSR count). The molecule has 0 unspecified atom stereocenters. The molecule has 0 saturated carbocycles. The van der Waals surface area contributed by atoms with E-state index in [2.05, 4.69) is 10.1 Å². The molecule has 0 atom stereocenters. The highest BCUT2D eigenvalue weighted by molar-refractivity contribution is 8.01. The Balaban J connectivity index is 2.58. The van der Waals surface area contributed by atoms with Crippen molar-refractivity contribution in [3.63, 3.8) is 0 Å². The summed E-state index contributed by atoms with van der Waals surface area (Å²) < 4.78 is 6.56. The zero-order valence-corrected chi connectivity index (χ0v) is 9.00. The van der Waals surface area contributed by atoms with Gasteiger partial charge in [-0.2, -0.15) is 0 Å². The Morgan fingerprint density at radius 1 is 1.64 bits per heavy atom. The maximum absolute atomic E-state index is 8.96. The first-order valence-corrected chi connectivity index (χ1v) is 4.95. The molecule has 5 nitrogen and oxygen atoms in total. The summed E-state index contributed by atoms with van der Waals surface area (Å²) in [4.78, 5) is 4.17. The van der Waals surface area contributed by atoms with Crippen molar-refractivity contribution in [1.29, 1.82) is 0 Å². The van der Waals surface area contributed by atoms with Gasteiger partial charge in [0.1, 0.15) is 0 Å². The first kappa shape index (κ1) is 9.39. The van der Waals surface area contributed by atoms with Gasteiger partial charge < -0.3 is 9.94 Å². The molecular formula is C8H11N3O2S. The highest BCUT2D eigenvalue weighted by Crippen LogP contribution is 2.42. The normalized spacial score (nSPS) is 21.2. The predicted octanol–water partition coefficient (Wildman–Crippen LogP) is 1.41. The number of nitrogens with zero attached hydrogens (tertiary/aromatic N) is 3. The largest absolute Gasteiger partial charge is 0.481 e. The van der Waals surface area contributed by atoms with E-state index in [0.717, 1.165) is 5.16 Å². The molecule has 14 heavy (non-hydrogen) atoms. The number of rotatable bonds is 1. The van der Waals surface area contributed by atoms with Crippen LogP contribution in [0.2, 0.25) is 0 Å². The molecular weight excluding hydrogens is 202 g/mol. The van der Waals surface area contributed by atoms with Gasteiger partial charge in [-0.3, -0.25) is 0 Å². The molecule has 76 valence electrons. The molecule has 2 heterocycles. The number of oxime groups is 1. The summed E-state index contributed by atoms with van der Waals surface area (Å²) in [6.07, 6.45) is 1.61. The smallest absolute Gasteiger partial charge is 0.220 e. The van der Waals surface area contributed by atoms with Crippen LogP contribution in [0.3, 0.4) is 0 Å². The fourth-order valence-electron chi connectivity index (χ4n) is 1.44. The van der Waals surface area contributed by atoms with Crippen molar-refractivity contribution in [2.24, 2.45) is 5.16 Å². The highest BCUT2D eigenvalue weighted by Gasteiger charge is 2.40. The van der Waals surface area contributed by atoms with Gasteiger partial charge in [0, 0.05) is 0 Å². The molecule has 6 heteroatoms. The number of methoxy groups -OCH3 is 1. The third kappa shape index (κ3) is 1.10. The molecule has 1 aromatic rings. The van der Waals surface area contributed by atoms with E-state index >= 15 is 0 Å². The molecule has 0 spiro atoms. The lowest BCUT2D eigenvalue weighted by atomic mass is 10.2. The molecule has 0 bridgehead atoms. The van der Waals surface area contributed by atoms with Gasteiger partial charge in [0.2, 0.25) is 5.88 Å². The van der Waals surface area contributed by atoms with Crippen molar-refractivity contribution in [1.82, 2.24) is 9.55 Å². The standard InChI is InChI=1S/C8H11N3O2S/c1-8(2)6(10-12)11-5(13-3)4-9-7(11)14-8/h4,12H,1-3H3/b10-6+. The molecule has 0 saturated heterocycles. The van der Waals surface area contributed by atoms with Crippen molar-refractivity contribution < 1.29 is 9.94 Å². The quantitative estimate of drug-likeness (QED) is 0.566. The molecule has 0 fully saturated rings. The maximum atomic E-state index is 8.96. The Labute approximate surface area is 85.8 Å². The monoisotopic (exact) mass is 213 g/mol. The molecule has 0 aromatic carbocycles. The van der Waals surface area contributed by atoms with Crippen LogP contribution in [0.5, 0.6) is 5.88 Å². The van der Waals surface area contributed by atoms with Gasteiger partial charge >= 0.3 is 0 Å². The van der Waals surface area contributed by atoms with Gasteiger partial charge in [0.05, 0.1) is 18.1 Å². The number of hydrogen-bond donors (Lipinski definition) is 1. The minimum atomic E-state index is -0.272. The van der Waals surface area contributed by atoms with Crippen molar-refractivity contribution in [3.8, 4) is 5.88 Å². The van der Waals surface area contributed by atoms with Crippen molar-refractivity contribution in [2.75, 3.05) is 7.11 Å². The van der Waals surface area contributed by atoms with E-state index < -0.39 is 0 Å². The van der Waals surface area contributed by atoms with Crippen LogP contribution in [0, 0.1) is 0 Å². The number of hydrogen-bond acceptors (Lipinski definition) is 5. The molecule has 1 aliphatic rings. The first-order chi connectivity index (χ1) is 6.60. The van der Waals surface area contributed by atoms with Crippen LogP contribution in [-0.4, -0.2) is 32.5 Å². The second kappa shape index (κ2) is 2.91. The summed E-state index contributed by atoms with van der Waals surface area (Å²) in [6.45, 7) is 3.95. The minimum Gasteiger partial charge on any atom is -0.481 e. The Kier molecular flexibility index (Phi) is 1.95. The lowest BCUT2D eigenvalue weighted by Crippen LogP contribution is -2.28. The molecule has 0 amide bonds. The van der Waals surface area contributed by atoms with Gasteiger partial charge in [-0.1, -0.05) is 16.9 Å². The fourth-order valence-corrected chi connectivity index (χ4v) is 2.49. The Hall–Kier alpha value is -1.17. The Morgan fingerprint density at radius 2 is 2.36 bits per heavy atom. The van der Waals surface area contributed by atoms with Crippen LogP contribution >= 0.6 is 11.8 Å². The topological polar surface area (TPSA) is 59.6 Å². The van der Waals surface area contributed by atoms with Gasteiger partial charge in [-0.05, 0) is 13.8 Å². The SMILES string of the molecule is COc1cnc2n1/C(=N/O)C(C)(C)S2. The zero-order valence-electron chi connectivity index (χ0n) is 8.18. The lowest BCUT2D eigenvalue weighted by Gasteiger charge is -2.15. The van der Waals surface area contributed by atoms with Crippen LogP contribution in [-0.2, 0) is 0 Å². The second-order valence-corrected chi connectivity index (χ2v) is 5.04. The van der Waals surface area contributed by atoms with Crippen molar-refractivity contribution in [3.05, 3.63) is 6.20 Å². The molecule has 0 radical (unpaired) electrons. The maximum Gasteiger partial charge on any atom is 0.220 e. The van der Waals surface area contributed by atoms with E-state index in [4.69, 9.17) is 9.94 Å². The van der Waals surface area contributed by atoms with Gasteiger partial charge in [-0.25, -0.2) is 9.55 Å².